The zero-order chi connectivity index (χ0) is 15.3. The predicted molar refractivity (Wildman–Crippen MR) is 82.2 cm³/mol. The molecule has 0 bridgehead atoms. The first-order valence-corrected chi connectivity index (χ1v) is 8.67. The molecule has 5 nitrogen and oxygen atoms in total. The largest absolute Gasteiger partial charge is 0.349 e. The smallest absolute Gasteiger partial charge is 0.244 e. The van der Waals surface area contributed by atoms with E-state index in [1.807, 2.05) is 39.3 Å². The molecule has 0 aliphatic heterocycles. The first-order chi connectivity index (χ1) is 9.38. The minimum atomic E-state index is -3.41. The van der Waals surface area contributed by atoms with Crippen molar-refractivity contribution in [2.45, 2.75) is 58.1 Å². The summed E-state index contributed by atoms with van der Waals surface area (Å²) in [5.74, 6) is 0. The van der Waals surface area contributed by atoms with Gasteiger partial charge in [-0.1, -0.05) is 6.92 Å². The van der Waals surface area contributed by atoms with E-state index in [9.17, 15) is 8.42 Å². The Morgan fingerprint density at radius 2 is 2.00 bits per heavy atom. The minimum absolute atomic E-state index is 0.0299. The third-order valence-corrected chi connectivity index (χ3v) is 5.33. The fourth-order valence-electron chi connectivity index (χ4n) is 2.30. The number of aromatic nitrogens is 1. The van der Waals surface area contributed by atoms with Crippen LogP contribution in [0.25, 0.3) is 0 Å². The van der Waals surface area contributed by atoms with Crippen molar-refractivity contribution >= 4 is 10.0 Å². The van der Waals surface area contributed by atoms with E-state index < -0.39 is 10.0 Å². The Bertz CT molecular complexity index is 521. The zero-order valence-corrected chi connectivity index (χ0v) is 14.0. The minimum Gasteiger partial charge on any atom is -0.349 e. The molecule has 0 amide bonds. The van der Waals surface area contributed by atoms with Gasteiger partial charge in [-0.2, -0.15) is 4.31 Å². The SMILES string of the molecule is CCCN(C(C)C)S(=O)(=O)c1cc(CNC)n(CC)c1. The lowest BCUT2D eigenvalue weighted by atomic mass is 10.4. The van der Waals surface area contributed by atoms with E-state index in [0.717, 1.165) is 18.7 Å². The molecule has 1 aromatic rings. The number of nitrogens with one attached hydrogen (secondary N) is 1. The monoisotopic (exact) mass is 301 g/mol. The van der Waals surface area contributed by atoms with Crippen molar-refractivity contribution in [1.82, 2.24) is 14.2 Å². The number of hydrogen-bond acceptors (Lipinski definition) is 3. The van der Waals surface area contributed by atoms with Crippen LogP contribution in [0.4, 0.5) is 0 Å². The Kier molecular flexibility index (Phi) is 6.23. The van der Waals surface area contributed by atoms with Gasteiger partial charge in [-0.15, -0.1) is 0 Å². The standard InChI is InChI=1S/C14H27N3O2S/c1-6-8-17(12(3)4)20(18,19)14-9-13(10-15-5)16(7-2)11-14/h9,11-12,15H,6-8,10H2,1-5H3. The molecule has 1 rings (SSSR count). The second-order valence-electron chi connectivity index (χ2n) is 5.19. The Labute approximate surface area is 123 Å². The Morgan fingerprint density at radius 1 is 1.35 bits per heavy atom. The zero-order valence-electron chi connectivity index (χ0n) is 13.2. The van der Waals surface area contributed by atoms with E-state index in [0.29, 0.717) is 18.0 Å². The maximum Gasteiger partial charge on any atom is 0.244 e. The third kappa shape index (κ3) is 3.62. The van der Waals surface area contributed by atoms with Crippen LogP contribution in [0.3, 0.4) is 0 Å². The summed E-state index contributed by atoms with van der Waals surface area (Å²) in [5, 5.41) is 3.07. The number of sulfonamides is 1. The van der Waals surface area contributed by atoms with Gasteiger partial charge in [-0.3, -0.25) is 0 Å². The molecule has 0 fully saturated rings. The summed E-state index contributed by atoms with van der Waals surface area (Å²) < 4.78 is 29.0. The van der Waals surface area contributed by atoms with Crippen LogP contribution in [-0.2, 0) is 23.1 Å². The van der Waals surface area contributed by atoms with Gasteiger partial charge in [0.05, 0.1) is 0 Å². The van der Waals surface area contributed by atoms with Crippen LogP contribution in [0.5, 0.6) is 0 Å². The van der Waals surface area contributed by atoms with Gasteiger partial charge in [0.1, 0.15) is 4.90 Å². The molecule has 0 aliphatic rings. The van der Waals surface area contributed by atoms with E-state index in [1.54, 1.807) is 16.6 Å². The molecule has 0 unspecified atom stereocenters. The molecule has 0 saturated carbocycles. The summed E-state index contributed by atoms with van der Waals surface area (Å²) in [6.07, 6.45) is 2.56. The van der Waals surface area contributed by atoms with Crippen LogP contribution in [-0.4, -0.2) is 36.9 Å². The molecule has 1 N–H and O–H groups in total. The van der Waals surface area contributed by atoms with Crippen LogP contribution in [0, 0.1) is 0 Å². The van der Waals surface area contributed by atoms with Crippen molar-refractivity contribution in [3.8, 4) is 0 Å². The van der Waals surface area contributed by atoms with Crippen molar-refractivity contribution in [3.63, 3.8) is 0 Å². The fourth-order valence-corrected chi connectivity index (χ4v) is 4.10. The molecule has 6 heteroatoms. The van der Waals surface area contributed by atoms with E-state index in [2.05, 4.69) is 5.32 Å². The number of rotatable bonds is 8. The van der Waals surface area contributed by atoms with Gasteiger partial charge in [0, 0.05) is 37.6 Å². The van der Waals surface area contributed by atoms with Gasteiger partial charge in [-0.05, 0) is 40.3 Å². The predicted octanol–water partition coefficient (Wildman–Crippen LogP) is 2.04. The van der Waals surface area contributed by atoms with Crippen molar-refractivity contribution in [2.75, 3.05) is 13.6 Å². The first kappa shape index (κ1) is 17.2. The maximum atomic E-state index is 12.7. The highest BCUT2D eigenvalue weighted by Crippen LogP contribution is 2.21. The lowest BCUT2D eigenvalue weighted by Gasteiger charge is -2.24. The molecule has 20 heavy (non-hydrogen) atoms. The lowest BCUT2D eigenvalue weighted by molar-refractivity contribution is 0.354. The van der Waals surface area contributed by atoms with Gasteiger partial charge in [0.15, 0.2) is 0 Å². The van der Waals surface area contributed by atoms with E-state index in [4.69, 9.17) is 0 Å². The summed E-state index contributed by atoms with van der Waals surface area (Å²) in [5.41, 5.74) is 0.994. The molecule has 1 aromatic heterocycles. The molecule has 0 radical (unpaired) electrons. The van der Waals surface area contributed by atoms with Gasteiger partial charge in [0.25, 0.3) is 0 Å². The van der Waals surface area contributed by atoms with Crippen LogP contribution in [0.1, 0.15) is 39.8 Å². The van der Waals surface area contributed by atoms with Gasteiger partial charge >= 0.3 is 0 Å². The summed E-state index contributed by atoms with van der Waals surface area (Å²) in [4.78, 5) is 0.395. The van der Waals surface area contributed by atoms with Gasteiger partial charge in [-0.25, -0.2) is 8.42 Å². The number of aryl methyl sites for hydroxylation is 1. The molecule has 0 atom stereocenters. The van der Waals surface area contributed by atoms with Crippen molar-refractivity contribution < 1.29 is 8.42 Å². The molecule has 0 aliphatic carbocycles. The van der Waals surface area contributed by atoms with Crippen molar-refractivity contribution in [3.05, 3.63) is 18.0 Å². The second kappa shape index (κ2) is 7.24. The van der Waals surface area contributed by atoms with Gasteiger partial charge in [0.2, 0.25) is 10.0 Å². The maximum absolute atomic E-state index is 12.7. The molecular formula is C14H27N3O2S. The van der Waals surface area contributed by atoms with E-state index >= 15 is 0 Å². The molecule has 0 spiro atoms. The summed E-state index contributed by atoms with van der Waals surface area (Å²) in [6.45, 7) is 9.83. The second-order valence-corrected chi connectivity index (χ2v) is 7.08. The highest BCUT2D eigenvalue weighted by atomic mass is 32.2. The van der Waals surface area contributed by atoms with Gasteiger partial charge < -0.3 is 9.88 Å². The van der Waals surface area contributed by atoms with Crippen molar-refractivity contribution in [1.29, 1.82) is 0 Å². The Morgan fingerprint density at radius 3 is 2.45 bits per heavy atom. The quantitative estimate of drug-likeness (QED) is 0.799. The topological polar surface area (TPSA) is 54.3 Å². The summed E-state index contributed by atoms with van der Waals surface area (Å²) in [7, 11) is -1.55. The number of hydrogen-bond donors (Lipinski definition) is 1. The Balaban J connectivity index is 3.20. The normalized spacial score (nSPS) is 12.6. The highest BCUT2D eigenvalue weighted by molar-refractivity contribution is 7.89. The van der Waals surface area contributed by atoms with E-state index in [1.165, 1.54) is 0 Å². The van der Waals surface area contributed by atoms with Crippen molar-refractivity contribution in [2.24, 2.45) is 0 Å². The summed E-state index contributed by atoms with van der Waals surface area (Å²) in [6, 6.07) is 1.75. The van der Waals surface area contributed by atoms with Crippen LogP contribution >= 0.6 is 0 Å². The average Bonchev–Trinajstić information content (AvgIpc) is 2.79. The molecule has 1 heterocycles. The molecule has 0 aromatic carbocycles. The lowest BCUT2D eigenvalue weighted by Crippen LogP contribution is -2.37. The third-order valence-electron chi connectivity index (χ3n) is 3.29. The first-order valence-electron chi connectivity index (χ1n) is 7.23. The Hall–Kier alpha value is -0.850. The molecule has 0 saturated heterocycles. The summed E-state index contributed by atoms with van der Waals surface area (Å²) >= 11 is 0. The number of nitrogens with zero attached hydrogens (tertiary/aromatic N) is 2. The molecular weight excluding hydrogens is 274 g/mol. The van der Waals surface area contributed by atoms with Crippen LogP contribution in [0.15, 0.2) is 17.2 Å². The van der Waals surface area contributed by atoms with Crippen LogP contribution < -0.4 is 5.32 Å². The molecule has 116 valence electrons. The highest BCUT2D eigenvalue weighted by Gasteiger charge is 2.27. The van der Waals surface area contributed by atoms with E-state index in [-0.39, 0.29) is 6.04 Å². The fraction of sp³-hybridized carbons (Fsp3) is 0.714. The average molecular weight is 301 g/mol. The van der Waals surface area contributed by atoms with Crippen LogP contribution in [0.2, 0.25) is 0 Å².